The molecule has 0 heterocycles. The maximum Gasteiger partial charge on any atom is 0.271 e. The van der Waals surface area contributed by atoms with E-state index in [1.54, 1.807) is 6.21 Å². The molecule has 7 heteroatoms. The van der Waals surface area contributed by atoms with Crippen LogP contribution in [0.5, 0.6) is 11.5 Å². The molecule has 4 aromatic carbocycles. The summed E-state index contributed by atoms with van der Waals surface area (Å²) in [6.45, 7) is 2.80. The number of carbonyl (C=O) groups is 1. The Morgan fingerprint density at radius 1 is 0.842 bits per heavy atom. The van der Waals surface area contributed by atoms with E-state index in [0.717, 1.165) is 22.6 Å². The van der Waals surface area contributed by atoms with Gasteiger partial charge in [0.1, 0.15) is 6.61 Å². The maximum atomic E-state index is 12.5. The number of thioether (sulfide) groups is 1. The molecule has 0 aliphatic heterocycles. The summed E-state index contributed by atoms with van der Waals surface area (Å²) in [5.74, 6) is 2.81. The molecule has 0 saturated carbocycles. The molecule has 4 rings (SSSR count). The van der Waals surface area contributed by atoms with Gasteiger partial charge in [-0.25, -0.2) is 5.43 Å². The van der Waals surface area contributed by atoms with Crippen LogP contribution in [0.2, 0.25) is 5.02 Å². The Bertz CT molecular complexity index is 1340. The van der Waals surface area contributed by atoms with E-state index >= 15 is 0 Å². The van der Waals surface area contributed by atoms with Crippen molar-refractivity contribution in [1.82, 2.24) is 5.43 Å². The van der Waals surface area contributed by atoms with E-state index in [1.807, 2.05) is 91.5 Å². The molecule has 0 aromatic heterocycles. The molecule has 4 aromatic rings. The minimum Gasteiger partial charge on any atom is -0.490 e. The molecule has 1 N–H and O–H groups in total. The third-order valence-electron chi connectivity index (χ3n) is 5.55. The lowest BCUT2D eigenvalue weighted by molar-refractivity contribution is 0.0955. The SMILES string of the molecule is CCOc1cc(/C=N\NC(=O)c2ccc(CSCc3ccccc3)cc2)ccc1OCc1ccc(Cl)cc1. The van der Waals surface area contributed by atoms with Gasteiger partial charge in [-0.05, 0) is 71.6 Å². The van der Waals surface area contributed by atoms with E-state index in [2.05, 4.69) is 34.8 Å². The predicted molar refractivity (Wildman–Crippen MR) is 156 cm³/mol. The third kappa shape index (κ3) is 8.40. The van der Waals surface area contributed by atoms with Gasteiger partial charge in [-0.1, -0.05) is 66.2 Å². The van der Waals surface area contributed by atoms with Gasteiger partial charge in [0, 0.05) is 22.1 Å². The molecule has 0 unspecified atom stereocenters. The van der Waals surface area contributed by atoms with Gasteiger partial charge in [-0.2, -0.15) is 16.9 Å². The highest BCUT2D eigenvalue weighted by molar-refractivity contribution is 7.97. The number of ether oxygens (including phenoxy) is 2. The number of nitrogens with one attached hydrogen (secondary N) is 1. The number of halogens is 1. The first kappa shape index (κ1) is 27.3. The Balaban J connectivity index is 1.28. The van der Waals surface area contributed by atoms with E-state index in [1.165, 1.54) is 11.1 Å². The van der Waals surface area contributed by atoms with Crippen LogP contribution >= 0.6 is 23.4 Å². The smallest absolute Gasteiger partial charge is 0.271 e. The van der Waals surface area contributed by atoms with Crippen molar-refractivity contribution in [2.45, 2.75) is 25.0 Å². The van der Waals surface area contributed by atoms with Crippen LogP contribution in [0.15, 0.2) is 102 Å². The summed E-state index contributed by atoms with van der Waals surface area (Å²) in [7, 11) is 0. The van der Waals surface area contributed by atoms with Gasteiger partial charge in [-0.15, -0.1) is 0 Å². The highest BCUT2D eigenvalue weighted by atomic mass is 35.5. The van der Waals surface area contributed by atoms with Crippen molar-refractivity contribution in [3.8, 4) is 11.5 Å². The van der Waals surface area contributed by atoms with Gasteiger partial charge in [-0.3, -0.25) is 4.79 Å². The first-order chi connectivity index (χ1) is 18.6. The second-order valence-electron chi connectivity index (χ2n) is 8.43. The monoisotopic (exact) mass is 544 g/mol. The van der Waals surface area contributed by atoms with Crippen LogP contribution in [0, 0.1) is 0 Å². The zero-order valence-electron chi connectivity index (χ0n) is 21.1. The molecule has 0 spiro atoms. The second kappa shape index (κ2) is 14.3. The molecular weight excluding hydrogens is 516 g/mol. The fourth-order valence-corrected chi connectivity index (χ4v) is 4.66. The Labute approximate surface area is 232 Å². The number of hydrogen-bond donors (Lipinski definition) is 1. The third-order valence-corrected chi connectivity index (χ3v) is 6.88. The lowest BCUT2D eigenvalue weighted by atomic mass is 10.1. The van der Waals surface area contributed by atoms with Crippen LogP contribution < -0.4 is 14.9 Å². The van der Waals surface area contributed by atoms with Crippen molar-refractivity contribution in [2.75, 3.05) is 6.61 Å². The van der Waals surface area contributed by atoms with Crippen molar-refractivity contribution >= 4 is 35.5 Å². The fraction of sp³-hybridized carbons (Fsp3) is 0.161. The van der Waals surface area contributed by atoms with Crippen LogP contribution in [0.1, 0.15) is 39.5 Å². The molecule has 1 amide bonds. The minimum atomic E-state index is -0.266. The molecular formula is C31H29ClN2O3S. The van der Waals surface area contributed by atoms with Crippen LogP contribution in [0.3, 0.4) is 0 Å². The molecule has 5 nitrogen and oxygen atoms in total. The van der Waals surface area contributed by atoms with E-state index in [4.69, 9.17) is 21.1 Å². The molecule has 194 valence electrons. The number of benzene rings is 4. The lowest BCUT2D eigenvalue weighted by Crippen LogP contribution is -2.17. The van der Waals surface area contributed by atoms with Crippen molar-refractivity contribution < 1.29 is 14.3 Å². The highest BCUT2D eigenvalue weighted by Crippen LogP contribution is 2.29. The quantitative estimate of drug-likeness (QED) is 0.148. The Morgan fingerprint density at radius 2 is 1.53 bits per heavy atom. The Morgan fingerprint density at radius 3 is 2.24 bits per heavy atom. The molecule has 0 aliphatic rings. The maximum absolute atomic E-state index is 12.5. The average molecular weight is 545 g/mol. The zero-order chi connectivity index (χ0) is 26.6. The molecule has 0 saturated heterocycles. The van der Waals surface area contributed by atoms with Crippen molar-refractivity contribution in [1.29, 1.82) is 0 Å². The second-order valence-corrected chi connectivity index (χ2v) is 9.85. The average Bonchev–Trinajstić information content (AvgIpc) is 2.94. The zero-order valence-corrected chi connectivity index (χ0v) is 22.7. The van der Waals surface area contributed by atoms with Crippen molar-refractivity contribution in [3.05, 3.63) is 130 Å². The summed E-state index contributed by atoms with van der Waals surface area (Å²) >= 11 is 7.79. The largest absolute Gasteiger partial charge is 0.490 e. The van der Waals surface area contributed by atoms with Gasteiger partial charge in [0.25, 0.3) is 5.91 Å². The van der Waals surface area contributed by atoms with Gasteiger partial charge in [0.05, 0.1) is 12.8 Å². The molecule has 0 aliphatic carbocycles. The van der Waals surface area contributed by atoms with Gasteiger partial charge in [0.2, 0.25) is 0 Å². The lowest BCUT2D eigenvalue weighted by Gasteiger charge is -2.12. The van der Waals surface area contributed by atoms with Gasteiger partial charge >= 0.3 is 0 Å². The minimum absolute atomic E-state index is 0.266. The van der Waals surface area contributed by atoms with E-state index < -0.39 is 0 Å². The molecule has 0 fully saturated rings. The summed E-state index contributed by atoms with van der Waals surface area (Å²) in [6.07, 6.45) is 1.58. The van der Waals surface area contributed by atoms with Crippen molar-refractivity contribution in [3.63, 3.8) is 0 Å². The number of carbonyl (C=O) groups excluding carboxylic acids is 1. The molecule has 0 bridgehead atoms. The highest BCUT2D eigenvalue weighted by Gasteiger charge is 2.08. The van der Waals surface area contributed by atoms with E-state index in [9.17, 15) is 4.79 Å². The molecule has 0 radical (unpaired) electrons. The van der Waals surface area contributed by atoms with Gasteiger partial charge < -0.3 is 9.47 Å². The number of rotatable bonds is 12. The summed E-state index contributed by atoms with van der Waals surface area (Å²) in [5.41, 5.74) is 7.41. The van der Waals surface area contributed by atoms with E-state index in [0.29, 0.717) is 35.3 Å². The number of amides is 1. The normalized spacial score (nSPS) is 10.9. The predicted octanol–water partition coefficient (Wildman–Crippen LogP) is 7.52. The fourth-order valence-electron chi connectivity index (χ4n) is 3.58. The standard InChI is InChI=1S/C31H29ClN2O3S/c1-2-36-30-18-26(12-17-29(30)37-20-23-10-15-28(32)16-11-23)19-33-34-31(35)27-13-8-25(9-14-27)22-38-21-24-6-4-3-5-7-24/h3-19H,2,20-22H2,1H3,(H,34,35)/b33-19-. The Hall–Kier alpha value is -3.74. The van der Waals surface area contributed by atoms with Gasteiger partial charge in [0.15, 0.2) is 11.5 Å². The molecule has 0 atom stereocenters. The number of nitrogens with zero attached hydrogens (tertiary/aromatic N) is 1. The van der Waals surface area contributed by atoms with E-state index in [-0.39, 0.29) is 5.91 Å². The number of hydrogen-bond acceptors (Lipinski definition) is 5. The first-order valence-corrected chi connectivity index (χ1v) is 13.8. The summed E-state index contributed by atoms with van der Waals surface area (Å²) < 4.78 is 11.7. The van der Waals surface area contributed by atoms with Crippen LogP contribution in [0.4, 0.5) is 0 Å². The summed E-state index contributed by atoms with van der Waals surface area (Å²) in [4.78, 5) is 12.5. The van der Waals surface area contributed by atoms with Crippen molar-refractivity contribution in [2.24, 2.45) is 5.10 Å². The van der Waals surface area contributed by atoms with Crippen LogP contribution in [0.25, 0.3) is 0 Å². The van der Waals surface area contributed by atoms with Crippen LogP contribution in [-0.4, -0.2) is 18.7 Å². The molecule has 38 heavy (non-hydrogen) atoms. The first-order valence-electron chi connectivity index (χ1n) is 12.3. The van der Waals surface area contributed by atoms with Crippen LogP contribution in [-0.2, 0) is 18.1 Å². The summed E-state index contributed by atoms with van der Waals surface area (Å²) in [6, 6.07) is 31.0. The topological polar surface area (TPSA) is 59.9 Å². The summed E-state index contributed by atoms with van der Waals surface area (Å²) in [5, 5.41) is 4.80. The number of hydrazone groups is 1. The Kier molecular flexibility index (Phi) is 10.2.